The van der Waals surface area contributed by atoms with E-state index in [1.54, 1.807) is 18.2 Å². The van der Waals surface area contributed by atoms with Crippen molar-refractivity contribution in [1.29, 1.82) is 0 Å². The van der Waals surface area contributed by atoms with Gasteiger partial charge in [0, 0.05) is 37.8 Å². The van der Waals surface area contributed by atoms with Crippen molar-refractivity contribution in [3.05, 3.63) is 83.2 Å². The summed E-state index contributed by atoms with van der Waals surface area (Å²) in [5, 5.41) is 5.95. The molecule has 1 aliphatic heterocycles. The molecule has 1 unspecified atom stereocenters. The summed E-state index contributed by atoms with van der Waals surface area (Å²) < 4.78 is 51.5. The first-order valence-corrected chi connectivity index (χ1v) is 11.7. The predicted octanol–water partition coefficient (Wildman–Crippen LogP) is 4.51. The fourth-order valence-corrected chi connectivity index (χ4v) is 4.37. The van der Waals surface area contributed by atoms with E-state index >= 15 is 0 Å². The van der Waals surface area contributed by atoms with E-state index in [0.717, 1.165) is 34.9 Å². The van der Waals surface area contributed by atoms with Gasteiger partial charge in [-0.15, -0.1) is 0 Å². The third-order valence-electron chi connectivity index (χ3n) is 6.38. The lowest BCUT2D eigenvalue weighted by molar-refractivity contribution is -0.137. The van der Waals surface area contributed by atoms with Gasteiger partial charge in [0.15, 0.2) is 0 Å². The van der Waals surface area contributed by atoms with Crippen molar-refractivity contribution in [3.8, 4) is 11.5 Å². The van der Waals surface area contributed by atoms with E-state index in [-0.39, 0.29) is 12.1 Å². The van der Waals surface area contributed by atoms with Crippen LogP contribution in [0.25, 0.3) is 0 Å². The molecule has 2 heterocycles. The molecule has 0 saturated carbocycles. The van der Waals surface area contributed by atoms with Crippen molar-refractivity contribution in [3.63, 3.8) is 0 Å². The van der Waals surface area contributed by atoms with Crippen LogP contribution in [0.2, 0.25) is 0 Å². The van der Waals surface area contributed by atoms with E-state index in [4.69, 9.17) is 9.47 Å². The van der Waals surface area contributed by atoms with Crippen LogP contribution in [0.4, 0.5) is 13.2 Å². The van der Waals surface area contributed by atoms with Gasteiger partial charge in [0.05, 0.1) is 37.2 Å². The summed E-state index contributed by atoms with van der Waals surface area (Å²) >= 11 is 0. The second kappa shape index (κ2) is 10.6. The van der Waals surface area contributed by atoms with Gasteiger partial charge in [0.1, 0.15) is 18.0 Å². The standard InChI is InChI=1S/C27H27F3N4O4/c1-32-13-5-6-22(32)21-15-23(20-14-19(37-3)11-12-24(20)38-4)34(31-21)25(35)16-33(2)26(36)17-7-9-18(10-8-17)27(28,29)30/h5-14,23H,15-16H2,1-4H3. The SMILES string of the molecule is COc1ccc(OC)c(C2CC(c3cccn3C)=NN2C(=O)CN(C)C(=O)c2ccc(C(F)(F)F)cc2)c1. The quantitative estimate of drug-likeness (QED) is 0.452. The zero-order chi connectivity index (χ0) is 27.6. The van der Waals surface area contributed by atoms with Gasteiger partial charge in [-0.1, -0.05) is 0 Å². The van der Waals surface area contributed by atoms with E-state index in [0.29, 0.717) is 29.2 Å². The van der Waals surface area contributed by atoms with E-state index in [2.05, 4.69) is 5.10 Å². The van der Waals surface area contributed by atoms with Gasteiger partial charge in [-0.3, -0.25) is 9.59 Å². The van der Waals surface area contributed by atoms with Crippen LogP contribution in [0.15, 0.2) is 65.9 Å². The molecular formula is C27H27F3N4O4. The molecule has 11 heteroatoms. The van der Waals surface area contributed by atoms with Gasteiger partial charge < -0.3 is 18.9 Å². The van der Waals surface area contributed by atoms with Crippen molar-refractivity contribution in [1.82, 2.24) is 14.5 Å². The Hall–Kier alpha value is -4.28. The number of aryl methyl sites for hydroxylation is 1. The maximum atomic E-state index is 13.5. The lowest BCUT2D eigenvalue weighted by Gasteiger charge is -2.26. The molecule has 1 atom stereocenters. The topological polar surface area (TPSA) is 76.4 Å². The predicted molar refractivity (Wildman–Crippen MR) is 134 cm³/mol. The number of benzene rings is 2. The van der Waals surface area contributed by atoms with Crippen LogP contribution in [0.1, 0.15) is 39.6 Å². The molecule has 8 nitrogen and oxygen atoms in total. The molecule has 1 aliphatic rings. The number of hydrogen-bond donors (Lipinski definition) is 0. The molecule has 38 heavy (non-hydrogen) atoms. The minimum absolute atomic E-state index is 0.0359. The van der Waals surface area contributed by atoms with Crippen molar-refractivity contribution in [2.75, 3.05) is 27.8 Å². The Morgan fingerprint density at radius 3 is 2.37 bits per heavy atom. The maximum Gasteiger partial charge on any atom is 0.416 e. The number of hydrazone groups is 1. The average Bonchev–Trinajstić information content (AvgIpc) is 3.53. The number of likely N-dealkylation sites (N-methyl/N-ethyl adjacent to an activating group) is 1. The zero-order valence-electron chi connectivity index (χ0n) is 21.3. The number of carbonyl (C=O) groups is 2. The van der Waals surface area contributed by atoms with Gasteiger partial charge in [-0.05, 0) is 54.6 Å². The fourth-order valence-electron chi connectivity index (χ4n) is 4.37. The van der Waals surface area contributed by atoms with Crippen molar-refractivity contribution in [2.45, 2.75) is 18.6 Å². The summed E-state index contributed by atoms with van der Waals surface area (Å²) in [7, 11) is 6.36. The molecule has 3 aromatic rings. The first-order valence-electron chi connectivity index (χ1n) is 11.7. The van der Waals surface area contributed by atoms with Crippen LogP contribution in [-0.4, -0.2) is 59.8 Å². The van der Waals surface area contributed by atoms with Crippen LogP contribution >= 0.6 is 0 Å². The van der Waals surface area contributed by atoms with Crippen LogP contribution in [0.3, 0.4) is 0 Å². The molecule has 0 saturated heterocycles. The van der Waals surface area contributed by atoms with Crippen LogP contribution < -0.4 is 9.47 Å². The van der Waals surface area contributed by atoms with Gasteiger partial charge in [-0.25, -0.2) is 5.01 Å². The number of alkyl halides is 3. The Balaban J connectivity index is 1.61. The second-order valence-corrected chi connectivity index (χ2v) is 8.85. The molecule has 200 valence electrons. The number of carbonyl (C=O) groups excluding carboxylic acids is 2. The van der Waals surface area contributed by atoms with Crippen LogP contribution in [0, 0.1) is 0 Å². The van der Waals surface area contributed by atoms with Crippen molar-refractivity contribution < 1.29 is 32.2 Å². The van der Waals surface area contributed by atoms with E-state index in [9.17, 15) is 22.8 Å². The lowest BCUT2D eigenvalue weighted by Crippen LogP contribution is -2.39. The molecule has 0 aliphatic carbocycles. The normalized spacial score (nSPS) is 15.3. The first-order chi connectivity index (χ1) is 18.0. The number of ether oxygens (including phenoxy) is 2. The number of amides is 2. The molecule has 0 fully saturated rings. The lowest BCUT2D eigenvalue weighted by atomic mass is 9.99. The minimum atomic E-state index is -4.51. The molecule has 0 radical (unpaired) electrons. The maximum absolute atomic E-state index is 13.5. The zero-order valence-corrected chi connectivity index (χ0v) is 21.3. The molecule has 0 spiro atoms. The molecule has 2 aromatic carbocycles. The highest BCUT2D eigenvalue weighted by molar-refractivity contribution is 6.03. The minimum Gasteiger partial charge on any atom is -0.497 e. The number of aromatic nitrogens is 1. The third-order valence-corrected chi connectivity index (χ3v) is 6.38. The van der Waals surface area contributed by atoms with Gasteiger partial charge in [0.2, 0.25) is 0 Å². The molecule has 0 bridgehead atoms. The smallest absolute Gasteiger partial charge is 0.416 e. The highest BCUT2D eigenvalue weighted by atomic mass is 19.4. The number of methoxy groups -OCH3 is 2. The summed E-state index contributed by atoms with van der Waals surface area (Å²) in [6, 6.07) is 12.4. The van der Waals surface area contributed by atoms with E-state index in [1.807, 2.05) is 29.9 Å². The summed E-state index contributed by atoms with van der Waals surface area (Å²) in [5.74, 6) is 0.0708. The van der Waals surface area contributed by atoms with Crippen molar-refractivity contribution >= 4 is 17.5 Å². The summed E-state index contributed by atoms with van der Waals surface area (Å²) in [5.41, 5.74) is 1.37. The van der Waals surface area contributed by atoms with E-state index in [1.165, 1.54) is 26.3 Å². The molecule has 1 aromatic heterocycles. The van der Waals surface area contributed by atoms with Gasteiger partial charge in [0.25, 0.3) is 11.8 Å². The Morgan fingerprint density at radius 2 is 1.79 bits per heavy atom. The van der Waals surface area contributed by atoms with Gasteiger partial charge in [-0.2, -0.15) is 18.3 Å². The number of halogens is 3. The van der Waals surface area contributed by atoms with Gasteiger partial charge >= 0.3 is 6.18 Å². The molecule has 2 amide bonds. The molecule has 4 rings (SSSR count). The van der Waals surface area contributed by atoms with Crippen LogP contribution in [0.5, 0.6) is 11.5 Å². The third kappa shape index (κ3) is 5.36. The Labute approximate surface area is 217 Å². The van der Waals surface area contributed by atoms with E-state index < -0.39 is 29.6 Å². The molecular weight excluding hydrogens is 501 g/mol. The summed E-state index contributed by atoms with van der Waals surface area (Å²) in [4.78, 5) is 27.6. The summed E-state index contributed by atoms with van der Waals surface area (Å²) in [6.07, 6.45) is -2.24. The second-order valence-electron chi connectivity index (χ2n) is 8.85. The number of rotatable bonds is 7. The molecule has 0 N–H and O–H groups in total. The Morgan fingerprint density at radius 1 is 1.08 bits per heavy atom. The highest BCUT2D eigenvalue weighted by Gasteiger charge is 2.36. The monoisotopic (exact) mass is 528 g/mol. The number of hydrogen-bond acceptors (Lipinski definition) is 5. The Bertz CT molecular complexity index is 1370. The van der Waals surface area contributed by atoms with Crippen LogP contribution in [-0.2, 0) is 18.0 Å². The first kappa shape index (κ1) is 26.8. The highest BCUT2D eigenvalue weighted by Crippen LogP contribution is 2.39. The average molecular weight is 529 g/mol. The fraction of sp³-hybridized carbons (Fsp3) is 0.296. The number of nitrogens with zero attached hydrogens (tertiary/aromatic N) is 4. The summed E-state index contributed by atoms with van der Waals surface area (Å²) in [6.45, 7) is -0.341. The largest absolute Gasteiger partial charge is 0.497 e. The Kier molecular flexibility index (Phi) is 7.47. The van der Waals surface area contributed by atoms with Crippen molar-refractivity contribution in [2.24, 2.45) is 12.1 Å².